The molecule has 2 aliphatic rings. The van der Waals surface area contributed by atoms with Gasteiger partial charge in [0.05, 0.1) is 12.0 Å². The molecule has 0 bridgehead atoms. The largest absolute Gasteiger partial charge is 0.340 e. The van der Waals surface area contributed by atoms with Crippen LogP contribution in [0.4, 0.5) is 0 Å². The number of fused-ring (bicyclic) bond motifs is 5. The van der Waals surface area contributed by atoms with Gasteiger partial charge in [0.25, 0.3) is 15.9 Å². The molecule has 0 atom stereocenters. The molecule has 0 saturated heterocycles. The van der Waals surface area contributed by atoms with Gasteiger partial charge in [-0.2, -0.15) is 8.42 Å². The smallest absolute Gasteiger partial charge is 0.283 e. The normalized spacial score (nSPS) is 16.4. The molecular weight excluding hydrogens is 474 g/mol. The maximum Gasteiger partial charge on any atom is 0.283 e. The average Bonchev–Trinajstić information content (AvgIpc) is 3.40. The summed E-state index contributed by atoms with van der Waals surface area (Å²) < 4.78 is 31.4. The van der Waals surface area contributed by atoms with Crippen molar-refractivity contribution in [2.75, 3.05) is 0 Å². The molecule has 0 radical (unpaired) electrons. The van der Waals surface area contributed by atoms with Crippen LogP contribution in [0.2, 0.25) is 0 Å². The van der Waals surface area contributed by atoms with E-state index in [1.165, 1.54) is 53.2 Å². The molecule has 36 heavy (non-hydrogen) atoms. The molecule has 1 saturated carbocycles. The Morgan fingerprint density at radius 1 is 1.08 bits per heavy atom. The summed E-state index contributed by atoms with van der Waals surface area (Å²) in [7, 11) is -2.38. The van der Waals surface area contributed by atoms with Gasteiger partial charge in [0.1, 0.15) is 0 Å². The number of pyridine rings is 1. The predicted octanol–water partition coefficient (Wildman–Crippen LogP) is 4.55. The van der Waals surface area contributed by atoms with Gasteiger partial charge < -0.3 is 9.13 Å². The highest BCUT2D eigenvalue weighted by Gasteiger charge is 2.30. The van der Waals surface area contributed by atoms with Crippen LogP contribution < -0.4 is 4.72 Å². The van der Waals surface area contributed by atoms with Gasteiger partial charge in [-0.1, -0.05) is 25.3 Å². The summed E-state index contributed by atoms with van der Waals surface area (Å²) in [5.41, 5.74) is 6.16. The first-order valence-electron chi connectivity index (χ1n) is 12.6. The van der Waals surface area contributed by atoms with Crippen molar-refractivity contribution in [1.29, 1.82) is 0 Å². The van der Waals surface area contributed by atoms with Crippen LogP contribution in [0.1, 0.15) is 66.1 Å². The zero-order valence-corrected chi connectivity index (χ0v) is 21.1. The first-order chi connectivity index (χ1) is 17.4. The fraction of sp³-hybridized carbons (Fsp3) is 0.370. The Morgan fingerprint density at radius 2 is 1.92 bits per heavy atom. The van der Waals surface area contributed by atoms with Crippen LogP contribution in [0.15, 0.2) is 54.1 Å². The number of imidazole rings is 1. The number of aryl methyl sites for hydroxylation is 3. The molecule has 186 valence electrons. The van der Waals surface area contributed by atoms with E-state index in [1.807, 2.05) is 24.4 Å². The topological polar surface area (TPSA) is 98.9 Å². The molecule has 4 heterocycles. The minimum Gasteiger partial charge on any atom is -0.340 e. The predicted molar refractivity (Wildman–Crippen MR) is 137 cm³/mol. The first-order valence-corrected chi connectivity index (χ1v) is 14.1. The van der Waals surface area contributed by atoms with Crippen molar-refractivity contribution in [3.8, 4) is 11.3 Å². The van der Waals surface area contributed by atoms with Crippen molar-refractivity contribution < 1.29 is 13.2 Å². The molecule has 0 spiro atoms. The van der Waals surface area contributed by atoms with Gasteiger partial charge in [-0.05, 0) is 61.4 Å². The monoisotopic (exact) mass is 503 g/mol. The number of rotatable bonds is 4. The maximum atomic E-state index is 13.1. The lowest BCUT2D eigenvalue weighted by Gasteiger charge is -2.23. The van der Waals surface area contributed by atoms with Gasteiger partial charge in [-0.3, -0.25) is 9.78 Å². The highest BCUT2D eigenvalue weighted by Crippen LogP contribution is 2.45. The van der Waals surface area contributed by atoms with Crippen LogP contribution in [0.25, 0.3) is 22.2 Å². The van der Waals surface area contributed by atoms with E-state index >= 15 is 0 Å². The second kappa shape index (κ2) is 8.89. The maximum absolute atomic E-state index is 13.1. The van der Waals surface area contributed by atoms with Crippen molar-refractivity contribution in [3.63, 3.8) is 0 Å². The van der Waals surface area contributed by atoms with Crippen LogP contribution in [0.5, 0.6) is 0 Å². The Hall–Kier alpha value is -3.46. The van der Waals surface area contributed by atoms with Crippen LogP contribution in [0, 0.1) is 0 Å². The molecule has 6 rings (SSSR count). The lowest BCUT2D eigenvalue weighted by molar-refractivity contribution is 0.0981. The number of nitrogens with zero attached hydrogens (tertiary/aromatic N) is 4. The second-order valence-electron chi connectivity index (χ2n) is 9.89. The molecule has 1 aliphatic carbocycles. The van der Waals surface area contributed by atoms with E-state index in [2.05, 4.69) is 20.3 Å². The summed E-state index contributed by atoms with van der Waals surface area (Å²) in [4.78, 5) is 21.7. The molecule has 0 unspecified atom stereocenters. The molecule has 1 N–H and O–H groups in total. The summed E-state index contributed by atoms with van der Waals surface area (Å²) >= 11 is 0. The molecular formula is C27H29N5O3S. The fourth-order valence-electron chi connectivity index (χ4n) is 5.86. The third-order valence-corrected chi connectivity index (χ3v) is 8.72. The van der Waals surface area contributed by atoms with E-state index in [9.17, 15) is 13.2 Å². The molecule has 1 aliphatic heterocycles. The Labute approximate surface area is 210 Å². The lowest BCUT2D eigenvalue weighted by Crippen LogP contribution is -2.30. The highest BCUT2D eigenvalue weighted by molar-refractivity contribution is 7.90. The number of nitrogens with one attached hydrogen (secondary N) is 1. The number of carbonyl (C=O) groups excluding carboxylic acids is 1. The summed E-state index contributed by atoms with van der Waals surface area (Å²) in [6.07, 6.45) is 12.5. The van der Waals surface area contributed by atoms with Crippen molar-refractivity contribution in [3.05, 3.63) is 65.9 Å². The minimum atomic E-state index is -4.06. The molecule has 3 aromatic heterocycles. The number of carbonyl (C=O) groups is 1. The summed E-state index contributed by atoms with van der Waals surface area (Å²) in [5.74, 6) is -0.194. The lowest BCUT2D eigenvalue weighted by atomic mass is 9.81. The Morgan fingerprint density at radius 3 is 2.69 bits per heavy atom. The Bertz CT molecular complexity index is 1580. The number of hydrogen-bond donors (Lipinski definition) is 1. The van der Waals surface area contributed by atoms with E-state index in [1.54, 1.807) is 13.1 Å². The number of sulfonamides is 1. The number of amides is 1. The van der Waals surface area contributed by atoms with Gasteiger partial charge in [-0.25, -0.2) is 9.71 Å². The van der Waals surface area contributed by atoms with Gasteiger partial charge in [0, 0.05) is 53.7 Å². The third-order valence-electron chi connectivity index (χ3n) is 7.50. The molecule has 9 heteroatoms. The van der Waals surface area contributed by atoms with Crippen LogP contribution >= 0.6 is 0 Å². The molecule has 4 aromatic rings. The van der Waals surface area contributed by atoms with E-state index in [0.717, 1.165) is 48.8 Å². The van der Waals surface area contributed by atoms with E-state index in [4.69, 9.17) is 4.98 Å². The Balaban J connectivity index is 1.47. The number of aromatic nitrogens is 4. The standard InChI is InChI=1S/C27H29N5O3S/c1-31-16-24(29-17-31)36(34,35)30-27(33)19-11-12-21-23(15-19)32-14-6-10-22-20(9-5-13-28-22)26(32)25(21)18-7-3-2-4-8-18/h5,9,11-13,15-18H,2-4,6-8,10,14H2,1H3,(H,30,33). The van der Waals surface area contributed by atoms with Crippen LogP contribution in [0.3, 0.4) is 0 Å². The SMILES string of the molecule is Cn1cnc(S(=O)(=O)NC(=O)c2ccc3c(C4CCCCC4)c4n(c3c2)CCCc2ncccc2-4)c1. The van der Waals surface area contributed by atoms with E-state index < -0.39 is 15.9 Å². The number of benzene rings is 1. The third kappa shape index (κ3) is 3.91. The second-order valence-corrected chi connectivity index (χ2v) is 11.5. The van der Waals surface area contributed by atoms with Crippen molar-refractivity contribution in [2.24, 2.45) is 7.05 Å². The number of hydrogen-bond acceptors (Lipinski definition) is 5. The van der Waals surface area contributed by atoms with Gasteiger partial charge in [-0.15, -0.1) is 0 Å². The molecule has 8 nitrogen and oxygen atoms in total. The van der Waals surface area contributed by atoms with Gasteiger partial charge in [0.15, 0.2) is 5.03 Å². The average molecular weight is 504 g/mol. The van der Waals surface area contributed by atoms with E-state index in [0.29, 0.717) is 11.5 Å². The summed E-state index contributed by atoms with van der Waals surface area (Å²) in [6, 6.07) is 9.74. The molecule has 1 aromatic carbocycles. The van der Waals surface area contributed by atoms with E-state index in [-0.39, 0.29) is 5.03 Å². The van der Waals surface area contributed by atoms with Crippen molar-refractivity contribution >= 4 is 26.8 Å². The summed E-state index contributed by atoms with van der Waals surface area (Å²) in [6.45, 7) is 0.826. The van der Waals surface area contributed by atoms with Gasteiger partial charge in [0.2, 0.25) is 0 Å². The van der Waals surface area contributed by atoms with Gasteiger partial charge >= 0.3 is 0 Å². The van der Waals surface area contributed by atoms with Crippen LogP contribution in [-0.4, -0.2) is 33.4 Å². The fourth-order valence-corrected chi connectivity index (χ4v) is 6.82. The molecule has 1 amide bonds. The highest BCUT2D eigenvalue weighted by atomic mass is 32.2. The minimum absolute atomic E-state index is 0.181. The van der Waals surface area contributed by atoms with Crippen LogP contribution in [-0.2, 0) is 30.0 Å². The van der Waals surface area contributed by atoms with Crippen molar-refractivity contribution in [1.82, 2.24) is 23.8 Å². The Kier molecular flexibility index (Phi) is 5.67. The first kappa shape index (κ1) is 23.0. The quantitative estimate of drug-likeness (QED) is 0.441. The zero-order valence-electron chi connectivity index (χ0n) is 20.3. The zero-order chi connectivity index (χ0) is 24.9. The molecule has 1 fully saturated rings. The summed E-state index contributed by atoms with van der Waals surface area (Å²) in [5, 5.41) is 0.970. The van der Waals surface area contributed by atoms with Crippen molar-refractivity contribution in [2.45, 2.75) is 62.4 Å².